The molecular weight excluding hydrogens is 309 g/mol. The van der Waals surface area contributed by atoms with Gasteiger partial charge in [-0.2, -0.15) is 0 Å². The zero-order chi connectivity index (χ0) is 13.4. The molecule has 0 spiro atoms. The van der Waals surface area contributed by atoms with E-state index in [1.807, 2.05) is 35.8 Å². The van der Waals surface area contributed by atoms with E-state index in [0.717, 1.165) is 21.4 Å². The first-order valence-corrected chi connectivity index (χ1v) is 6.59. The minimum atomic E-state index is -0.266. The molecule has 0 unspecified atom stereocenters. The van der Waals surface area contributed by atoms with E-state index in [2.05, 4.69) is 26.2 Å². The van der Waals surface area contributed by atoms with Gasteiger partial charge in [0.05, 0.1) is 5.52 Å². The highest BCUT2D eigenvalue weighted by Gasteiger charge is 2.11. The highest BCUT2D eigenvalue weighted by atomic mass is 79.9. The second kappa shape index (κ2) is 4.66. The van der Waals surface area contributed by atoms with Crippen LogP contribution in [0.15, 0.2) is 47.2 Å². The molecule has 0 aliphatic rings. The van der Waals surface area contributed by atoms with E-state index in [1.54, 1.807) is 6.07 Å². The minimum Gasteiger partial charge on any atom is -0.388 e. The molecule has 0 aliphatic carbocycles. The molecule has 1 N–H and O–H groups in total. The van der Waals surface area contributed by atoms with Crippen molar-refractivity contribution in [3.05, 3.63) is 53.0 Å². The number of fused-ring (bicyclic) bond motifs is 1. The smallest absolute Gasteiger partial charge is 0.146 e. The summed E-state index contributed by atoms with van der Waals surface area (Å²) in [6.45, 7) is 0. The van der Waals surface area contributed by atoms with E-state index in [0.29, 0.717) is 5.82 Å². The van der Waals surface area contributed by atoms with Gasteiger partial charge in [-0.25, -0.2) is 9.37 Å². The van der Waals surface area contributed by atoms with Gasteiger partial charge >= 0.3 is 0 Å². The van der Waals surface area contributed by atoms with Crippen LogP contribution >= 0.6 is 15.9 Å². The molecule has 3 aromatic rings. The average molecular weight is 320 g/mol. The lowest BCUT2D eigenvalue weighted by Crippen LogP contribution is -1.92. The van der Waals surface area contributed by atoms with Crippen molar-refractivity contribution < 1.29 is 4.39 Å². The lowest BCUT2D eigenvalue weighted by molar-refractivity contribution is 0.628. The fraction of sp³-hybridized carbons (Fsp3) is 0.0714. The molecule has 0 atom stereocenters. The molecule has 2 heterocycles. The molecular formula is C14H11BrFN3. The van der Waals surface area contributed by atoms with Gasteiger partial charge in [0.15, 0.2) is 0 Å². The van der Waals surface area contributed by atoms with Crippen molar-refractivity contribution >= 4 is 27.1 Å². The van der Waals surface area contributed by atoms with Crippen molar-refractivity contribution in [1.82, 2.24) is 9.38 Å². The van der Waals surface area contributed by atoms with Crippen LogP contribution in [0.25, 0.3) is 16.9 Å². The lowest BCUT2D eigenvalue weighted by atomic mass is 10.2. The summed E-state index contributed by atoms with van der Waals surface area (Å²) in [6, 6.07) is 10.4. The molecule has 0 amide bonds. The predicted octanol–water partition coefficient (Wildman–Crippen LogP) is 3.94. The van der Waals surface area contributed by atoms with E-state index >= 15 is 0 Å². The van der Waals surface area contributed by atoms with Crippen molar-refractivity contribution in [3.63, 3.8) is 0 Å². The van der Waals surface area contributed by atoms with Gasteiger partial charge in [-0.15, -0.1) is 0 Å². The Labute approximate surface area is 118 Å². The number of nitrogens with zero attached hydrogens (tertiary/aromatic N) is 2. The van der Waals surface area contributed by atoms with Crippen LogP contribution in [0.5, 0.6) is 0 Å². The largest absolute Gasteiger partial charge is 0.388 e. The van der Waals surface area contributed by atoms with Crippen LogP contribution in [0, 0.1) is 5.82 Å². The molecule has 0 fully saturated rings. The molecule has 0 radical (unpaired) electrons. The number of nitrogens with one attached hydrogen (secondary N) is 1. The Bertz CT molecular complexity index is 752. The van der Waals surface area contributed by atoms with E-state index in [-0.39, 0.29) is 5.82 Å². The summed E-state index contributed by atoms with van der Waals surface area (Å²) < 4.78 is 16.0. The van der Waals surface area contributed by atoms with Crippen LogP contribution in [0.2, 0.25) is 0 Å². The maximum atomic E-state index is 13.3. The number of rotatable bonds is 2. The van der Waals surface area contributed by atoms with E-state index in [4.69, 9.17) is 0 Å². The molecule has 2 aromatic heterocycles. The van der Waals surface area contributed by atoms with Crippen molar-refractivity contribution in [2.75, 3.05) is 12.4 Å². The number of imidazole rings is 1. The number of aromatic nitrogens is 2. The Morgan fingerprint density at radius 2 is 2.11 bits per heavy atom. The molecule has 96 valence electrons. The van der Waals surface area contributed by atoms with Crippen LogP contribution in [0.1, 0.15) is 0 Å². The molecule has 3 rings (SSSR count). The summed E-state index contributed by atoms with van der Waals surface area (Å²) >= 11 is 3.44. The van der Waals surface area contributed by atoms with E-state index in [1.165, 1.54) is 12.1 Å². The van der Waals surface area contributed by atoms with Crippen LogP contribution in [0.4, 0.5) is 10.1 Å². The molecule has 3 nitrogen and oxygen atoms in total. The number of anilines is 1. The number of hydrogen-bond donors (Lipinski definition) is 1. The van der Waals surface area contributed by atoms with Gasteiger partial charge < -0.3 is 5.32 Å². The Morgan fingerprint density at radius 3 is 2.84 bits per heavy atom. The van der Waals surface area contributed by atoms with Gasteiger partial charge in [-0.1, -0.05) is 12.1 Å². The predicted molar refractivity (Wildman–Crippen MR) is 77.8 cm³/mol. The third kappa shape index (κ3) is 2.10. The highest BCUT2D eigenvalue weighted by Crippen LogP contribution is 2.28. The van der Waals surface area contributed by atoms with Gasteiger partial charge in [0, 0.05) is 24.5 Å². The van der Waals surface area contributed by atoms with Crippen molar-refractivity contribution in [1.29, 1.82) is 0 Å². The van der Waals surface area contributed by atoms with Crippen LogP contribution in [-0.2, 0) is 0 Å². The van der Waals surface area contributed by atoms with Gasteiger partial charge in [0.25, 0.3) is 0 Å². The Balaban J connectivity index is 2.25. The third-order valence-corrected chi connectivity index (χ3v) is 3.55. The number of pyridine rings is 1. The summed E-state index contributed by atoms with van der Waals surface area (Å²) in [4.78, 5) is 4.46. The maximum Gasteiger partial charge on any atom is 0.146 e. The zero-order valence-electron chi connectivity index (χ0n) is 10.2. The molecule has 1 aromatic carbocycles. The molecule has 0 aliphatic heterocycles. The molecule has 0 bridgehead atoms. The average Bonchev–Trinajstić information content (AvgIpc) is 2.76. The Hall–Kier alpha value is -1.88. The van der Waals surface area contributed by atoms with Crippen LogP contribution in [0.3, 0.4) is 0 Å². The quantitative estimate of drug-likeness (QED) is 0.775. The standard InChI is InChI=1S/C14H11BrFN3/c1-17-11-5-6-19-12(8-11)13(15)18-14(19)9-3-2-4-10(16)7-9/h2-8,17H,1H3. The molecule has 0 saturated carbocycles. The van der Waals surface area contributed by atoms with Crippen molar-refractivity contribution in [2.24, 2.45) is 0 Å². The normalized spacial score (nSPS) is 10.9. The maximum absolute atomic E-state index is 13.3. The first kappa shape index (κ1) is 12.2. The number of hydrogen-bond acceptors (Lipinski definition) is 2. The summed E-state index contributed by atoms with van der Waals surface area (Å²) in [6.07, 6.45) is 1.92. The molecule has 19 heavy (non-hydrogen) atoms. The lowest BCUT2D eigenvalue weighted by Gasteiger charge is -2.04. The van der Waals surface area contributed by atoms with Crippen molar-refractivity contribution in [3.8, 4) is 11.4 Å². The second-order valence-corrected chi connectivity index (χ2v) is 4.91. The fourth-order valence-electron chi connectivity index (χ4n) is 2.03. The third-order valence-electron chi connectivity index (χ3n) is 2.97. The van der Waals surface area contributed by atoms with Gasteiger partial charge in [-0.05, 0) is 40.2 Å². The van der Waals surface area contributed by atoms with Crippen LogP contribution in [-0.4, -0.2) is 16.4 Å². The summed E-state index contributed by atoms with van der Waals surface area (Å²) in [5.74, 6) is 0.446. The van der Waals surface area contributed by atoms with Crippen LogP contribution < -0.4 is 5.32 Å². The van der Waals surface area contributed by atoms with Crippen molar-refractivity contribution in [2.45, 2.75) is 0 Å². The summed E-state index contributed by atoms with van der Waals surface area (Å²) in [7, 11) is 1.86. The molecule has 0 saturated heterocycles. The molecule has 5 heteroatoms. The SMILES string of the molecule is CNc1ccn2c(-c3cccc(F)c3)nc(Br)c2c1. The topological polar surface area (TPSA) is 29.3 Å². The number of halogens is 2. The van der Waals surface area contributed by atoms with Gasteiger partial charge in [0.1, 0.15) is 16.2 Å². The first-order valence-electron chi connectivity index (χ1n) is 5.80. The monoisotopic (exact) mass is 319 g/mol. The minimum absolute atomic E-state index is 0.266. The Kier molecular flexibility index (Phi) is 2.98. The Morgan fingerprint density at radius 1 is 1.26 bits per heavy atom. The summed E-state index contributed by atoms with van der Waals surface area (Å²) in [5.41, 5.74) is 2.68. The van der Waals surface area contributed by atoms with E-state index < -0.39 is 0 Å². The first-order chi connectivity index (χ1) is 9.19. The fourth-order valence-corrected chi connectivity index (χ4v) is 2.51. The van der Waals surface area contributed by atoms with E-state index in [9.17, 15) is 4.39 Å². The van der Waals surface area contributed by atoms with Gasteiger partial charge in [-0.3, -0.25) is 4.40 Å². The zero-order valence-corrected chi connectivity index (χ0v) is 11.8. The number of benzene rings is 1. The van der Waals surface area contributed by atoms with Gasteiger partial charge in [0.2, 0.25) is 0 Å². The summed E-state index contributed by atoms with van der Waals surface area (Å²) in [5, 5.41) is 3.08. The second-order valence-electron chi connectivity index (χ2n) is 4.16. The highest BCUT2D eigenvalue weighted by molar-refractivity contribution is 9.10.